The molecule has 2 aromatic rings. The Bertz CT molecular complexity index is 1860. The van der Waals surface area contributed by atoms with Crippen molar-refractivity contribution in [1.29, 1.82) is 0 Å². The molecule has 1 aromatic heterocycles. The first-order valence-corrected chi connectivity index (χ1v) is 20.4. The Morgan fingerprint density at radius 1 is 1.02 bits per heavy atom. The number of pyridine rings is 1. The molecule has 3 N–H and O–H groups in total. The topological polar surface area (TPSA) is 192 Å². The second-order valence-electron chi connectivity index (χ2n) is 16.9. The molecular formula is C44H60N4O11. The third kappa shape index (κ3) is 10.0. The van der Waals surface area contributed by atoms with Gasteiger partial charge in [0, 0.05) is 42.4 Å². The highest BCUT2D eigenvalue weighted by atomic mass is 16.7. The number of rotatable bonds is 8. The highest BCUT2D eigenvalue weighted by molar-refractivity contribution is 6.00. The number of nitrogens with zero attached hydrogens (tertiary/aromatic N) is 2. The van der Waals surface area contributed by atoms with Crippen LogP contribution in [0.4, 0.5) is 9.59 Å². The maximum Gasteiger partial charge on any atom is 0.411 e. The summed E-state index contributed by atoms with van der Waals surface area (Å²) >= 11 is 0. The minimum Gasteiger partial charge on any atom is -0.458 e. The molecule has 3 aliphatic heterocycles. The van der Waals surface area contributed by atoms with Gasteiger partial charge in [0.15, 0.2) is 17.7 Å². The number of carbonyl (C=O) groups excluding carboxylic acids is 5. The van der Waals surface area contributed by atoms with Crippen LogP contribution < -0.4 is 10.6 Å². The highest BCUT2D eigenvalue weighted by Crippen LogP contribution is 2.40. The number of benzene rings is 1. The van der Waals surface area contributed by atoms with E-state index in [2.05, 4.69) is 15.6 Å². The fraction of sp³-hybridized carbons (Fsp3) is 0.591. The molecule has 2 amide bonds. The molecule has 13 atom stereocenters. The van der Waals surface area contributed by atoms with Crippen LogP contribution in [0.25, 0.3) is 17.2 Å². The van der Waals surface area contributed by atoms with Gasteiger partial charge in [-0.05, 0) is 89.9 Å². The van der Waals surface area contributed by atoms with E-state index in [1.165, 1.54) is 13.1 Å². The van der Waals surface area contributed by atoms with Gasteiger partial charge in [0.2, 0.25) is 0 Å². The van der Waals surface area contributed by atoms with Gasteiger partial charge in [0.1, 0.15) is 35.6 Å². The number of carbonyl (C=O) groups is 5. The maximum absolute atomic E-state index is 14.4. The smallest absolute Gasteiger partial charge is 0.411 e. The fourth-order valence-electron chi connectivity index (χ4n) is 8.85. The first kappa shape index (κ1) is 45.4. The standard InChI is InChI=1S/C44H60N4O11/c1-11-33-44(8)37(47-42(54)59-44)26(4)34(49)24(2)22-43(7,58-41(53)46-20-18-29-14-16-30(17-15-29)31-13-12-19-45-23-31)38(27(5)35(50)28(6)39(52)56-33)57-40-36(51)32(48(9)10)21-25(3)55-40/h12-20,23-28,32-33,36-38,40,51H,11,21-22H2,1-10H3,(H,46,53)(H,47,54)/b20-18+/t24-,25-,26+,27+,28?,32+,33-,36-,37-,38-,40+,43-,44-/m1/s1. The van der Waals surface area contributed by atoms with Crippen molar-refractivity contribution in [3.63, 3.8) is 0 Å². The molecule has 15 nitrogen and oxygen atoms in total. The fourth-order valence-corrected chi connectivity index (χ4v) is 8.85. The summed E-state index contributed by atoms with van der Waals surface area (Å²) in [6.07, 6.45) is 0.258. The van der Waals surface area contributed by atoms with Gasteiger partial charge in [-0.3, -0.25) is 24.7 Å². The molecule has 59 heavy (non-hydrogen) atoms. The highest BCUT2D eigenvalue weighted by Gasteiger charge is 2.57. The number of fused-ring (bicyclic) bond motifs is 1. The van der Waals surface area contributed by atoms with E-state index in [-0.39, 0.29) is 30.8 Å². The molecule has 4 heterocycles. The Morgan fingerprint density at radius 3 is 2.34 bits per heavy atom. The third-order valence-electron chi connectivity index (χ3n) is 12.2. The monoisotopic (exact) mass is 820 g/mol. The number of ketones is 2. The summed E-state index contributed by atoms with van der Waals surface area (Å²) in [7, 11) is 3.65. The molecule has 15 heteroatoms. The molecular weight excluding hydrogens is 761 g/mol. The molecule has 0 bridgehead atoms. The van der Waals surface area contributed by atoms with Crippen LogP contribution in [-0.2, 0) is 38.1 Å². The van der Waals surface area contributed by atoms with E-state index in [4.69, 9.17) is 23.7 Å². The number of amides is 2. The van der Waals surface area contributed by atoms with Gasteiger partial charge in [-0.1, -0.05) is 58.0 Å². The lowest BCUT2D eigenvalue weighted by Gasteiger charge is -2.47. The number of hydrogen-bond acceptors (Lipinski definition) is 13. The quantitative estimate of drug-likeness (QED) is 0.177. The first-order chi connectivity index (χ1) is 27.8. The number of aromatic nitrogens is 1. The first-order valence-electron chi connectivity index (χ1n) is 20.4. The summed E-state index contributed by atoms with van der Waals surface area (Å²) in [4.78, 5) is 75.3. The normalized spacial score (nSPS) is 36.0. The molecule has 0 spiro atoms. The second kappa shape index (κ2) is 18.7. The molecule has 3 aliphatic rings. The zero-order valence-corrected chi connectivity index (χ0v) is 35.7. The van der Waals surface area contributed by atoms with Gasteiger partial charge in [-0.25, -0.2) is 9.59 Å². The van der Waals surface area contributed by atoms with Crippen molar-refractivity contribution >= 4 is 35.8 Å². The Morgan fingerprint density at radius 2 is 1.71 bits per heavy atom. The van der Waals surface area contributed by atoms with E-state index in [9.17, 15) is 29.1 Å². The lowest BCUT2D eigenvalue weighted by atomic mass is 9.73. The number of alkyl carbamates (subject to hydrolysis) is 2. The average Bonchev–Trinajstić information content (AvgIpc) is 3.52. The van der Waals surface area contributed by atoms with Gasteiger partial charge < -0.3 is 39.0 Å². The summed E-state index contributed by atoms with van der Waals surface area (Å²) in [6, 6.07) is 10.1. The summed E-state index contributed by atoms with van der Waals surface area (Å²) in [5, 5.41) is 17.0. The Hall–Kier alpha value is -4.70. The second-order valence-corrected chi connectivity index (χ2v) is 16.9. The van der Waals surface area contributed by atoms with Crippen molar-refractivity contribution in [2.45, 2.75) is 129 Å². The molecule has 0 aliphatic carbocycles. The number of aliphatic hydroxyl groups is 1. The molecule has 322 valence electrons. The zero-order valence-electron chi connectivity index (χ0n) is 35.7. The van der Waals surface area contributed by atoms with Crippen LogP contribution in [0, 0.1) is 23.7 Å². The minimum atomic E-state index is -1.76. The summed E-state index contributed by atoms with van der Waals surface area (Å²) in [6.45, 7) is 13.1. The zero-order chi connectivity index (χ0) is 43.4. The van der Waals surface area contributed by atoms with Crippen molar-refractivity contribution in [3.05, 3.63) is 60.6 Å². The Balaban J connectivity index is 1.52. The number of aliphatic hydroxyl groups excluding tert-OH is 1. The number of Topliss-reactive ketones (excluding diaryl/α,β-unsaturated/α-hetero) is 2. The van der Waals surface area contributed by atoms with E-state index < -0.39 is 89.5 Å². The Kier molecular flexibility index (Phi) is 14.4. The van der Waals surface area contributed by atoms with Gasteiger partial charge in [0.05, 0.1) is 12.1 Å². The van der Waals surface area contributed by atoms with Crippen molar-refractivity contribution in [1.82, 2.24) is 20.5 Å². The maximum atomic E-state index is 14.4. The van der Waals surface area contributed by atoms with Crippen LogP contribution in [0.3, 0.4) is 0 Å². The molecule has 5 rings (SSSR count). The van der Waals surface area contributed by atoms with E-state index in [0.717, 1.165) is 16.7 Å². The van der Waals surface area contributed by atoms with Crippen LogP contribution in [0.15, 0.2) is 55.0 Å². The summed E-state index contributed by atoms with van der Waals surface area (Å²) in [5.41, 5.74) is -0.499. The number of likely N-dealkylation sites (N-methyl/N-ethyl adjacent to an activating group) is 1. The molecule has 0 radical (unpaired) electrons. The van der Waals surface area contributed by atoms with Crippen molar-refractivity contribution in [3.8, 4) is 11.1 Å². The number of hydrogen-bond donors (Lipinski definition) is 3. The molecule has 3 saturated heterocycles. The number of esters is 1. The molecule has 1 unspecified atom stereocenters. The van der Waals surface area contributed by atoms with Gasteiger partial charge in [-0.2, -0.15) is 0 Å². The van der Waals surface area contributed by atoms with Crippen LogP contribution >= 0.6 is 0 Å². The van der Waals surface area contributed by atoms with Gasteiger partial charge in [0.25, 0.3) is 0 Å². The number of nitrogens with one attached hydrogen (secondary N) is 2. The van der Waals surface area contributed by atoms with Gasteiger partial charge >= 0.3 is 18.2 Å². The largest absolute Gasteiger partial charge is 0.458 e. The summed E-state index contributed by atoms with van der Waals surface area (Å²) < 4.78 is 30.7. The average molecular weight is 821 g/mol. The van der Waals surface area contributed by atoms with Crippen molar-refractivity contribution in [2.75, 3.05) is 14.1 Å². The van der Waals surface area contributed by atoms with E-state index >= 15 is 0 Å². The lowest BCUT2D eigenvalue weighted by molar-refractivity contribution is -0.292. The molecule has 3 fully saturated rings. The van der Waals surface area contributed by atoms with Gasteiger partial charge in [-0.15, -0.1) is 0 Å². The summed E-state index contributed by atoms with van der Waals surface area (Å²) in [5.74, 6) is -6.00. The SMILES string of the molecule is CC[C@H]1OC(=O)C(C)C(=O)[C@H](C)[C@@H](O[C@@H]2O[C@H](C)C[C@H](N(C)C)[C@H]2O)[C@](C)(OC(=O)N/C=C/c2ccc(-c3cccnc3)cc2)C[C@@H](C)C(=O)[C@H](C)[C@H]2NC(=O)O[C@@]21C. The van der Waals surface area contributed by atoms with Crippen molar-refractivity contribution in [2.24, 2.45) is 23.7 Å². The van der Waals surface area contributed by atoms with Crippen LogP contribution in [-0.4, -0.2) is 113 Å². The number of ether oxygens (including phenoxy) is 5. The predicted octanol–water partition coefficient (Wildman–Crippen LogP) is 5.29. The van der Waals surface area contributed by atoms with E-state index in [1.807, 2.05) is 62.3 Å². The molecule has 0 saturated carbocycles. The van der Waals surface area contributed by atoms with E-state index in [0.29, 0.717) is 6.42 Å². The third-order valence-corrected chi connectivity index (χ3v) is 12.2. The Labute approximate surface area is 346 Å². The predicted molar refractivity (Wildman–Crippen MR) is 217 cm³/mol. The number of cyclic esters (lactones) is 1. The van der Waals surface area contributed by atoms with E-state index in [1.54, 1.807) is 60.0 Å². The van der Waals surface area contributed by atoms with Crippen LogP contribution in [0.5, 0.6) is 0 Å². The van der Waals surface area contributed by atoms with Crippen LogP contribution in [0.2, 0.25) is 0 Å². The van der Waals surface area contributed by atoms with Crippen LogP contribution in [0.1, 0.15) is 80.2 Å². The minimum absolute atomic E-state index is 0.158. The lowest BCUT2D eigenvalue weighted by Crippen LogP contribution is -2.60. The molecule has 1 aromatic carbocycles. The van der Waals surface area contributed by atoms with Crippen molar-refractivity contribution < 1.29 is 52.8 Å².